The zero-order valence-electron chi connectivity index (χ0n) is 21.0. The lowest BCUT2D eigenvalue weighted by molar-refractivity contribution is -0.114. The summed E-state index contributed by atoms with van der Waals surface area (Å²) < 4.78 is 60.5. The lowest BCUT2D eigenvalue weighted by Gasteiger charge is -2.26. The van der Waals surface area contributed by atoms with E-state index in [-0.39, 0.29) is 15.5 Å². The molecule has 3 aromatic carbocycles. The molecule has 3 rings (SSSR count). The molecular weight excluding hydrogens is 514 g/mol. The summed E-state index contributed by atoms with van der Waals surface area (Å²) in [5.74, 6) is -0.284. The molecule has 198 valence electrons. The zero-order chi connectivity index (χ0) is 27.1. The lowest BCUT2D eigenvalue weighted by Crippen LogP contribution is -2.38. The normalized spacial score (nSPS) is 11.8. The van der Waals surface area contributed by atoms with Gasteiger partial charge in [-0.05, 0) is 55.5 Å². The second-order valence-electron chi connectivity index (χ2n) is 7.89. The summed E-state index contributed by atoms with van der Waals surface area (Å²) in [6, 6.07) is 20.2. The van der Waals surface area contributed by atoms with E-state index in [0.29, 0.717) is 31.1 Å². The molecule has 0 aliphatic heterocycles. The maximum absolute atomic E-state index is 13.6. The first-order chi connectivity index (χ1) is 17.6. The number of carbonyl (C=O) groups excluding carboxylic acids is 1. The third-order valence-electron chi connectivity index (χ3n) is 5.53. The Morgan fingerprint density at radius 3 is 1.92 bits per heavy atom. The van der Waals surface area contributed by atoms with Gasteiger partial charge in [-0.15, -0.1) is 0 Å². The molecule has 0 unspecified atom stereocenters. The lowest BCUT2D eigenvalue weighted by atomic mass is 10.3. The van der Waals surface area contributed by atoms with Gasteiger partial charge in [0.15, 0.2) is 0 Å². The predicted molar refractivity (Wildman–Crippen MR) is 144 cm³/mol. The highest BCUT2D eigenvalue weighted by atomic mass is 32.2. The molecule has 0 atom stereocenters. The van der Waals surface area contributed by atoms with Crippen LogP contribution >= 0.6 is 0 Å². The largest absolute Gasteiger partial charge is 0.492 e. The van der Waals surface area contributed by atoms with E-state index in [4.69, 9.17) is 4.74 Å². The molecule has 0 saturated heterocycles. The summed E-state index contributed by atoms with van der Waals surface area (Å²) in [6.45, 7) is 5.76. The molecule has 0 aliphatic rings. The van der Waals surface area contributed by atoms with E-state index in [2.05, 4.69) is 5.32 Å². The van der Waals surface area contributed by atoms with Crippen molar-refractivity contribution in [1.29, 1.82) is 0 Å². The highest BCUT2D eigenvalue weighted by Gasteiger charge is 2.29. The van der Waals surface area contributed by atoms with Crippen LogP contribution in [0, 0.1) is 0 Å². The molecule has 0 fully saturated rings. The average Bonchev–Trinajstić information content (AvgIpc) is 2.89. The van der Waals surface area contributed by atoms with Gasteiger partial charge in [-0.1, -0.05) is 44.2 Å². The van der Waals surface area contributed by atoms with Crippen LogP contribution in [0.25, 0.3) is 0 Å². The predicted octanol–water partition coefficient (Wildman–Crippen LogP) is 3.95. The Kier molecular flexibility index (Phi) is 9.30. The van der Waals surface area contributed by atoms with Gasteiger partial charge < -0.3 is 10.1 Å². The number of rotatable bonds is 12. The molecule has 0 spiro atoms. The van der Waals surface area contributed by atoms with Crippen molar-refractivity contribution in [3.05, 3.63) is 78.9 Å². The van der Waals surface area contributed by atoms with Gasteiger partial charge >= 0.3 is 0 Å². The van der Waals surface area contributed by atoms with Crippen LogP contribution in [0.1, 0.15) is 20.8 Å². The van der Waals surface area contributed by atoms with Gasteiger partial charge in [0, 0.05) is 18.8 Å². The minimum Gasteiger partial charge on any atom is -0.492 e. The number of carbonyl (C=O) groups is 1. The van der Waals surface area contributed by atoms with Gasteiger partial charge in [0.2, 0.25) is 15.9 Å². The number of hydrogen-bond donors (Lipinski definition) is 1. The van der Waals surface area contributed by atoms with Crippen LogP contribution in [0.4, 0.5) is 11.4 Å². The Hall–Kier alpha value is -3.41. The standard InChI is InChI=1S/C26H31N3O6S2/c1-4-28(5-2)36(31,32)23-18-16-21(17-19-23)27-26(30)20-29(24-14-10-11-15-25(24)35-6-3)37(33,34)22-12-8-7-9-13-22/h7-19H,4-6,20H2,1-3H3,(H,27,30). The molecule has 3 aromatic rings. The number of hydrogen-bond acceptors (Lipinski definition) is 6. The van der Waals surface area contributed by atoms with Crippen molar-refractivity contribution in [3.8, 4) is 5.75 Å². The van der Waals surface area contributed by atoms with Gasteiger partial charge in [-0.3, -0.25) is 9.10 Å². The number of benzene rings is 3. The number of nitrogens with one attached hydrogen (secondary N) is 1. The Bertz CT molecular complexity index is 1410. The minimum absolute atomic E-state index is 0.0278. The van der Waals surface area contributed by atoms with Gasteiger partial charge in [-0.25, -0.2) is 16.8 Å². The first kappa shape index (κ1) is 28.2. The maximum atomic E-state index is 13.6. The molecule has 0 aliphatic carbocycles. The number of anilines is 2. The quantitative estimate of drug-likeness (QED) is 0.369. The first-order valence-corrected chi connectivity index (χ1v) is 14.7. The fraction of sp³-hybridized carbons (Fsp3) is 0.269. The van der Waals surface area contributed by atoms with Crippen LogP contribution in [-0.4, -0.2) is 53.3 Å². The zero-order valence-corrected chi connectivity index (χ0v) is 22.6. The van der Waals surface area contributed by atoms with Crippen molar-refractivity contribution in [2.24, 2.45) is 0 Å². The van der Waals surface area contributed by atoms with Crippen LogP contribution in [0.15, 0.2) is 88.7 Å². The third-order valence-corrected chi connectivity index (χ3v) is 9.37. The molecule has 0 radical (unpaired) electrons. The molecular formula is C26H31N3O6S2. The SMILES string of the molecule is CCOc1ccccc1N(CC(=O)Nc1ccc(S(=O)(=O)N(CC)CC)cc1)S(=O)(=O)c1ccccc1. The number of sulfonamides is 2. The van der Waals surface area contributed by atoms with Crippen molar-refractivity contribution in [3.63, 3.8) is 0 Å². The second kappa shape index (κ2) is 12.2. The van der Waals surface area contributed by atoms with Crippen LogP contribution in [0.2, 0.25) is 0 Å². The van der Waals surface area contributed by atoms with Crippen molar-refractivity contribution in [2.75, 3.05) is 35.9 Å². The van der Waals surface area contributed by atoms with Crippen LogP contribution in [-0.2, 0) is 24.8 Å². The fourth-order valence-electron chi connectivity index (χ4n) is 3.71. The van der Waals surface area contributed by atoms with Gasteiger partial charge in [0.05, 0.1) is 22.1 Å². The topological polar surface area (TPSA) is 113 Å². The number of nitrogens with zero attached hydrogens (tertiary/aromatic N) is 2. The van der Waals surface area contributed by atoms with E-state index in [0.717, 1.165) is 4.31 Å². The molecule has 0 bridgehead atoms. The highest BCUT2D eigenvalue weighted by molar-refractivity contribution is 7.93. The number of amides is 1. The molecule has 9 nitrogen and oxygen atoms in total. The van der Waals surface area contributed by atoms with E-state index in [1.54, 1.807) is 63.2 Å². The van der Waals surface area contributed by atoms with Gasteiger partial charge in [0.1, 0.15) is 12.3 Å². The molecule has 1 amide bonds. The van der Waals surface area contributed by atoms with Crippen LogP contribution in [0.3, 0.4) is 0 Å². The Morgan fingerprint density at radius 1 is 0.757 bits per heavy atom. The summed E-state index contributed by atoms with van der Waals surface area (Å²) in [6.07, 6.45) is 0. The van der Waals surface area contributed by atoms with E-state index in [1.807, 2.05) is 0 Å². The van der Waals surface area contributed by atoms with Crippen molar-refractivity contribution in [1.82, 2.24) is 4.31 Å². The van der Waals surface area contributed by atoms with Crippen molar-refractivity contribution in [2.45, 2.75) is 30.6 Å². The fourth-order valence-corrected chi connectivity index (χ4v) is 6.62. The van der Waals surface area contributed by atoms with Gasteiger partial charge in [0.25, 0.3) is 10.0 Å². The highest BCUT2D eigenvalue weighted by Crippen LogP contribution is 2.32. The second-order valence-corrected chi connectivity index (χ2v) is 11.7. The Morgan fingerprint density at radius 2 is 1.32 bits per heavy atom. The molecule has 11 heteroatoms. The third kappa shape index (κ3) is 6.48. The van der Waals surface area contributed by atoms with E-state index >= 15 is 0 Å². The molecule has 0 aromatic heterocycles. The number of ether oxygens (including phenoxy) is 1. The van der Waals surface area contributed by atoms with Crippen molar-refractivity contribution < 1.29 is 26.4 Å². The van der Waals surface area contributed by atoms with Crippen LogP contribution in [0.5, 0.6) is 5.75 Å². The summed E-state index contributed by atoms with van der Waals surface area (Å²) in [5.41, 5.74) is 0.558. The Labute approximate surface area is 218 Å². The van der Waals surface area contributed by atoms with Crippen molar-refractivity contribution >= 4 is 37.3 Å². The monoisotopic (exact) mass is 545 g/mol. The van der Waals surface area contributed by atoms with E-state index < -0.39 is 32.5 Å². The summed E-state index contributed by atoms with van der Waals surface area (Å²) >= 11 is 0. The number of para-hydroxylation sites is 2. The van der Waals surface area contributed by atoms with Crippen LogP contribution < -0.4 is 14.4 Å². The molecule has 0 heterocycles. The van der Waals surface area contributed by atoms with E-state index in [9.17, 15) is 21.6 Å². The Balaban J connectivity index is 1.90. The van der Waals surface area contributed by atoms with E-state index in [1.165, 1.54) is 40.7 Å². The minimum atomic E-state index is -4.12. The maximum Gasteiger partial charge on any atom is 0.264 e. The first-order valence-electron chi connectivity index (χ1n) is 11.8. The summed E-state index contributed by atoms with van der Waals surface area (Å²) in [4.78, 5) is 13.2. The summed E-state index contributed by atoms with van der Waals surface area (Å²) in [5, 5.41) is 2.66. The molecule has 37 heavy (non-hydrogen) atoms. The molecule has 0 saturated carbocycles. The summed E-state index contributed by atoms with van der Waals surface area (Å²) in [7, 11) is -7.76. The molecule has 1 N–H and O–H groups in total. The average molecular weight is 546 g/mol. The smallest absolute Gasteiger partial charge is 0.264 e. The van der Waals surface area contributed by atoms with Gasteiger partial charge in [-0.2, -0.15) is 4.31 Å².